The third-order valence-electron chi connectivity index (χ3n) is 4.44. The Labute approximate surface area is 125 Å². The Morgan fingerprint density at radius 1 is 1.38 bits per heavy atom. The molecule has 2 rings (SSSR count). The predicted molar refractivity (Wildman–Crippen MR) is 79.8 cm³/mol. The average Bonchev–Trinajstić information content (AvgIpc) is 2.91. The lowest BCUT2D eigenvalue weighted by Crippen LogP contribution is -2.33. The zero-order valence-corrected chi connectivity index (χ0v) is 12.9. The van der Waals surface area contributed by atoms with Crippen LogP contribution in [0, 0.1) is 5.41 Å². The topological polar surface area (TPSA) is 59.0 Å². The van der Waals surface area contributed by atoms with E-state index in [1.165, 1.54) is 0 Å². The van der Waals surface area contributed by atoms with Gasteiger partial charge in [0.2, 0.25) is 0 Å². The van der Waals surface area contributed by atoms with Gasteiger partial charge in [-0.25, -0.2) is 0 Å². The van der Waals surface area contributed by atoms with Crippen LogP contribution < -0.4 is 9.47 Å². The number of rotatable bonds is 6. The molecule has 1 atom stereocenters. The van der Waals surface area contributed by atoms with Gasteiger partial charge in [-0.3, -0.25) is 9.69 Å². The molecular formula is C16H23NO4. The normalized spacial score (nSPS) is 22.2. The van der Waals surface area contributed by atoms with Gasteiger partial charge in [0, 0.05) is 18.7 Å². The number of ether oxygens (including phenoxy) is 2. The second-order valence-electron chi connectivity index (χ2n) is 5.55. The van der Waals surface area contributed by atoms with Crippen molar-refractivity contribution >= 4 is 5.97 Å². The van der Waals surface area contributed by atoms with Crippen molar-refractivity contribution in [1.82, 2.24) is 4.90 Å². The molecule has 1 fully saturated rings. The van der Waals surface area contributed by atoms with Crippen LogP contribution in [0.3, 0.4) is 0 Å². The summed E-state index contributed by atoms with van der Waals surface area (Å²) in [6.07, 6.45) is 1.36. The van der Waals surface area contributed by atoms with E-state index in [2.05, 4.69) is 4.90 Å². The van der Waals surface area contributed by atoms with E-state index in [1.54, 1.807) is 14.2 Å². The second-order valence-corrected chi connectivity index (χ2v) is 5.55. The van der Waals surface area contributed by atoms with Crippen LogP contribution >= 0.6 is 0 Å². The highest BCUT2D eigenvalue weighted by Crippen LogP contribution is 2.37. The number of carboxylic acids is 1. The van der Waals surface area contributed by atoms with E-state index in [1.807, 2.05) is 25.1 Å². The van der Waals surface area contributed by atoms with Crippen molar-refractivity contribution in [2.45, 2.75) is 26.3 Å². The Hall–Kier alpha value is -1.75. The van der Waals surface area contributed by atoms with Crippen LogP contribution in [0.4, 0.5) is 0 Å². The van der Waals surface area contributed by atoms with Crippen molar-refractivity contribution in [3.63, 3.8) is 0 Å². The molecule has 0 aliphatic carbocycles. The summed E-state index contributed by atoms with van der Waals surface area (Å²) < 4.78 is 10.7. The molecule has 0 spiro atoms. The summed E-state index contributed by atoms with van der Waals surface area (Å²) in [6.45, 7) is 4.00. The standard InChI is InChI=1S/C16H23NO4/c1-4-16(15(18)19)8-9-17(11-16)10-12-6-5-7-13(20-2)14(12)21-3/h5-7H,4,8-11H2,1-3H3,(H,18,19). The number of hydrogen-bond acceptors (Lipinski definition) is 4. The molecule has 1 aliphatic rings. The number of carbonyl (C=O) groups is 1. The first-order valence-corrected chi connectivity index (χ1v) is 7.22. The average molecular weight is 293 g/mol. The highest BCUT2D eigenvalue weighted by Gasteiger charge is 2.43. The van der Waals surface area contributed by atoms with E-state index < -0.39 is 11.4 Å². The van der Waals surface area contributed by atoms with Gasteiger partial charge in [0.25, 0.3) is 0 Å². The summed E-state index contributed by atoms with van der Waals surface area (Å²) in [5.41, 5.74) is 0.417. The Balaban J connectivity index is 2.15. The minimum absolute atomic E-state index is 0.583. The van der Waals surface area contributed by atoms with E-state index in [4.69, 9.17) is 9.47 Å². The fraction of sp³-hybridized carbons (Fsp3) is 0.562. The Morgan fingerprint density at radius 3 is 2.67 bits per heavy atom. The van der Waals surface area contributed by atoms with Crippen molar-refractivity contribution in [3.8, 4) is 11.5 Å². The van der Waals surface area contributed by atoms with Gasteiger partial charge in [0.15, 0.2) is 11.5 Å². The van der Waals surface area contributed by atoms with Gasteiger partial charge < -0.3 is 14.6 Å². The minimum atomic E-state index is -0.690. The van der Waals surface area contributed by atoms with Crippen LogP contribution in [0.25, 0.3) is 0 Å². The first-order chi connectivity index (χ1) is 10.1. The molecule has 1 aromatic rings. The van der Waals surface area contributed by atoms with Crippen molar-refractivity contribution in [3.05, 3.63) is 23.8 Å². The highest BCUT2D eigenvalue weighted by atomic mass is 16.5. The number of nitrogens with zero attached hydrogens (tertiary/aromatic N) is 1. The van der Waals surface area contributed by atoms with Gasteiger partial charge in [-0.2, -0.15) is 0 Å². The molecule has 0 aromatic heterocycles. The molecule has 0 bridgehead atoms. The number of benzene rings is 1. The fourth-order valence-corrected chi connectivity index (χ4v) is 3.03. The number of hydrogen-bond donors (Lipinski definition) is 1. The van der Waals surface area contributed by atoms with Crippen molar-refractivity contribution in [1.29, 1.82) is 0 Å². The van der Waals surface area contributed by atoms with E-state index >= 15 is 0 Å². The quantitative estimate of drug-likeness (QED) is 0.872. The lowest BCUT2D eigenvalue weighted by Gasteiger charge is -2.23. The Bertz CT molecular complexity index is 517. The highest BCUT2D eigenvalue weighted by molar-refractivity contribution is 5.75. The molecule has 21 heavy (non-hydrogen) atoms. The number of carboxylic acid groups (broad SMARTS) is 1. The van der Waals surface area contributed by atoms with Crippen LogP contribution in [-0.2, 0) is 11.3 Å². The number of aliphatic carboxylic acids is 1. The van der Waals surface area contributed by atoms with Crippen LogP contribution in [0.2, 0.25) is 0 Å². The summed E-state index contributed by atoms with van der Waals surface area (Å²) in [6, 6.07) is 5.78. The van der Waals surface area contributed by atoms with E-state index in [-0.39, 0.29) is 0 Å². The van der Waals surface area contributed by atoms with Gasteiger partial charge in [-0.15, -0.1) is 0 Å². The number of para-hydroxylation sites is 1. The molecule has 1 saturated heterocycles. The summed E-state index contributed by atoms with van der Waals surface area (Å²) in [5, 5.41) is 9.46. The van der Waals surface area contributed by atoms with E-state index in [0.29, 0.717) is 31.7 Å². The molecule has 0 saturated carbocycles. The molecule has 0 radical (unpaired) electrons. The van der Waals surface area contributed by atoms with Crippen LogP contribution in [0.5, 0.6) is 11.5 Å². The third kappa shape index (κ3) is 2.97. The van der Waals surface area contributed by atoms with E-state index in [0.717, 1.165) is 17.9 Å². The first kappa shape index (κ1) is 15.6. The fourth-order valence-electron chi connectivity index (χ4n) is 3.03. The minimum Gasteiger partial charge on any atom is -0.493 e. The molecule has 1 aromatic carbocycles. The maximum absolute atomic E-state index is 11.5. The van der Waals surface area contributed by atoms with Crippen LogP contribution in [-0.4, -0.2) is 43.3 Å². The summed E-state index contributed by atoms with van der Waals surface area (Å²) >= 11 is 0. The lowest BCUT2D eigenvalue weighted by molar-refractivity contribution is -0.148. The summed E-state index contributed by atoms with van der Waals surface area (Å²) in [5.74, 6) is 0.739. The van der Waals surface area contributed by atoms with Gasteiger partial charge in [0.1, 0.15) is 0 Å². The van der Waals surface area contributed by atoms with Gasteiger partial charge >= 0.3 is 5.97 Å². The van der Waals surface area contributed by atoms with Crippen molar-refractivity contribution in [2.24, 2.45) is 5.41 Å². The van der Waals surface area contributed by atoms with Crippen LogP contribution in [0.15, 0.2) is 18.2 Å². The maximum atomic E-state index is 11.5. The Morgan fingerprint density at radius 2 is 2.14 bits per heavy atom. The molecular weight excluding hydrogens is 270 g/mol. The second kappa shape index (κ2) is 6.35. The molecule has 5 heteroatoms. The SMILES string of the molecule is CCC1(C(=O)O)CCN(Cc2cccc(OC)c2OC)C1. The lowest BCUT2D eigenvalue weighted by atomic mass is 9.84. The molecule has 0 amide bonds. The van der Waals surface area contributed by atoms with Crippen LogP contribution in [0.1, 0.15) is 25.3 Å². The zero-order chi connectivity index (χ0) is 15.5. The van der Waals surface area contributed by atoms with Gasteiger partial charge in [-0.05, 0) is 25.5 Å². The van der Waals surface area contributed by atoms with Crippen molar-refractivity contribution in [2.75, 3.05) is 27.3 Å². The molecule has 1 unspecified atom stereocenters. The molecule has 1 N–H and O–H groups in total. The van der Waals surface area contributed by atoms with Gasteiger partial charge in [-0.1, -0.05) is 19.1 Å². The Kier molecular flexibility index (Phi) is 4.73. The smallest absolute Gasteiger partial charge is 0.310 e. The van der Waals surface area contributed by atoms with Gasteiger partial charge in [0.05, 0.1) is 19.6 Å². The molecule has 1 aliphatic heterocycles. The van der Waals surface area contributed by atoms with E-state index in [9.17, 15) is 9.90 Å². The zero-order valence-electron chi connectivity index (χ0n) is 12.9. The first-order valence-electron chi connectivity index (χ1n) is 7.22. The molecule has 1 heterocycles. The third-order valence-corrected chi connectivity index (χ3v) is 4.44. The number of likely N-dealkylation sites (tertiary alicyclic amines) is 1. The summed E-state index contributed by atoms with van der Waals surface area (Å²) in [4.78, 5) is 13.7. The largest absolute Gasteiger partial charge is 0.493 e. The number of methoxy groups -OCH3 is 2. The molecule has 116 valence electrons. The van der Waals surface area contributed by atoms with Crippen molar-refractivity contribution < 1.29 is 19.4 Å². The maximum Gasteiger partial charge on any atom is 0.310 e. The predicted octanol–water partition coefficient (Wildman–Crippen LogP) is 2.39. The monoisotopic (exact) mass is 293 g/mol. The molecule has 5 nitrogen and oxygen atoms in total. The summed E-state index contributed by atoms with van der Waals surface area (Å²) in [7, 11) is 3.24.